The number of aryl methyl sites for hydroxylation is 2. The Labute approximate surface area is 152 Å². The molecule has 1 N–H and O–H groups in total. The highest BCUT2D eigenvalue weighted by atomic mass is 16.5. The van der Waals surface area contributed by atoms with Crippen LogP contribution in [0.15, 0.2) is 53.7 Å². The van der Waals surface area contributed by atoms with Gasteiger partial charge in [0.25, 0.3) is 0 Å². The van der Waals surface area contributed by atoms with Crippen molar-refractivity contribution >= 4 is 23.0 Å². The van der Waals surface area contributed by atoms with Crippen LogP contribution in [0.4, 0.5) is 5.95 Å². The molecule has 5 nitrogen and oxygen atoms in total. The zero-order valence-electron chi connectivity index (χ0n) is 15.3. The summed E-state index contributed by atoms with van der Waals surface area (Å²) in [6, 6.07) is 14.0. The number of carbonyl (C=O) groups is 1. The van der Waals surface area contributed by atoms with Gasteiger partial charge in [0.2, 0.25) is 5.95 Å². The Hall–Kier alpha value is -3.08. The van der Waals surface area contributed by atoms with Gasteiger partial charge in [-0.3, -0.25) is 4.57 Å². The standard InChI is InChI=1S/C21H21N3O2/c1-12-9-10-13(2)15(11-12)19-18(20(25)26-4)14(3)22-21-23-16-7-5-6-8-17(16)24(19)21/h5-11,19H,1-4H3,(H,22,23). The molecule has 1 atom stereocenters. The number of methoxy groups -OCH3 is 1. The maximum absolute atomic E-state index is 12.7. The van der Waals surface area contributed by atoms with Crippen molar-refractivity contribution in [3.8, 4) is 0 Å². The number of esters is 1. The first-order chi connectivity index (χ1) is 12.5. The van der Waals surface area contributed by atoms with Gasteiger partial charge in [-0.2, -0.15) is 0 Å². The van der Waals surface area contributed by atoms with Crippen LogP contribution in [0.25, 0.3) is 11.0 Å². The van der Waals surface area contributed by atoms with E-state index in [-0.39, 0.29) is 12.0 Å². The third kappa shape index (κ3) is 2.39. The molecule has 0 saturated heterocycles. The summed E-state index contributed by atoms with van der Waals surface area (Å²) in [5.74, 6) is 0.409. The Morgan fingerprint density at radius 1 is 1.15 bits per heavy atom. The Balaban J connectivity index is 2.06. The summed E-state index contributed by atoms with van der Waals surface area (Å²) < 4.78 is 7.21. The van der Waals surface area contributed by atoms with Crippen LogP contribution in [0, 0.1) is 13.8 Å². The number of imidazole rings is 1. The molecule has 0 spiro atoms. The summed E-state index contributed by atoms with van der Waals surface area (Å²) in [5, 5.41) is 3.28. The van der Waals surface area contributed by atoms with Crippen LogP contribution in [-0.4, -0.2) is 22.6 Å². The fraction of sp³-hybridized carbons (Fsp3) is 0.238. The van der Waals surface area contributed by atoms with Crippen LogP contribution < -0.4 is 5.32 Å². The number of aromatic nitrogens is 2. The van der Waals surface area contributed by atoms with Crippen molar-refractivity contribution in [1.82, 2.24) is 9.55 Å². The molecule has 0 bridgehead atoms. The monoisotopic (exact) mass is 347 g/mol. The second-order valence-corrected chi connectivity index (χ2v) is 6.71. The van der Waals surface area contributed by atoms with Gasteiger partial charge in [0, 0.05) is 5.70 Å². The van der Waals surface area contributed by atoms with E-state index in [1.54, 1.807) is 0 Å². The van der Waals surface area contributed by atoms with Crippen LogP contribution >= 0.6 is 0 Å². The number of nitrogens with one attached hydrogen (secondary N) is 1. The van der Waals surface area contributed by atoms with Crippen LogP contribution in [0.3, 0.4) is 0 Å². The number of para-hydroxylation sites is 2. The largest absolute Gasteiger partial charge is 0.466 e. The quantitative estimate of drug-likeness (QED) is 0.709. The third-order valence-electron chi connectivity index (χ3n) is 4.97. The molecule has 0 radical (unpaired) electrons. The average molecular weight is 347 g/mol. The van der Waals surface area contributed by atoms with Crippen molar-refractivity contribution in [2.24, 2.45) is 0 Å². The van der Waals surface area contributed by atoms with E-state index in [2.05, 4.69) is 41.9 Å². The number of rotatable bonds is 2. The number of allylic oxidation sites excluding steroid dienone is 1. The molecule has 2 aromatic carbocycles. The highest BCUT2D eigenvalue weighted by Gasteiger charge is 2.35. The van der Waals surface area contributed by atoms with Gasteiger partial charge < -0.3 is 10.1 Å². The van der Waals surface area contributed by atoms with Crippen molar-refractivity contribution in [2.75, 3.05) is 12.4 Å². The number of ether oxygens (including phenoxy) is 1. The van der Waals surface area contributed by atoms with E-state index in [1.165, 1.54) is 7.11 Å². The van der Waals surface area contributed by atoms with Crippen molar-refractivity contribution in [3.05, 3.63) is 70.4 Å². The van der Waals surface area contributed by atoms with E-state index in [0.717, 1.165) is 39.4 Å². The molecule has 1 aliphatic rings. The number of fused-ring (bicyclic) bond motifs is 3. The number of hydrogen-bond donors (Lipinski definition) is 1. The van der Waals surface area contributed by atoms with Gasteiger partial charge in [-0.1, -0.05) is 35.9 Å². The van der Waals surface area contributed by atoms with Crippen molar-refractivity contribution < 1.29 is 9.53 Å². The van der Waals surface area contributed by atoms with E-state index in [1.807, 2.05) is 31.2 Å². The highest BCUT2D eigenvalue weighted by molar-refractivity contribution is 5.94. The third-order valence-corrected chi connectivity index (χ3v) is 4.97. The molecule has 26 heavy (non-hydrogen) atoms. The van der Waals surface area contributed by atoms with Crippen LogP contribution in [0.2, 0.25) is 0 Å². The molecule has 0 amide bonds. The zero-order chi connectivity index (χ0) is 18.4. The van der Waals surface area contributed by atoms with Crippen molar-refractivity contribution in [1.29, 1.82) is 0 Å². The minimum Gasteiger partial charge on any atom is -0.466 e. The topological polar surface area (TPSA) is 56.1 Å². The van der Waals surface area contributed by atoms with E-state index >= 15 is 0 Å². The molecule has 132 valence electrons. The van der Waals surface area contributed by atoms with Gasteiger partial charge in [-0.25, -0.2) is 9.78 Å². The SMILES string of the molecule is COC(=O)C1=C(C)Nc2nc3ccccc3n2C1c1cc(C)ccc1C. The van der Waals surface area contributed by atoms with E-state index in [4.69, 9.17) is 9.72 Å². The summed E-state index contributed by atoms with van der Waals surface area (Å²) in [7, 11) is 1.42. The van der Waals surface area contributed by atoms with Gasteiger partial charge in [0.05, 0.1) is 29.8 Å². The van der Waals surface area contributed by atoms with E-state index in [0.29, 0.717) is 5.57 Å². The van der Waals surface area contributed by atoms with Gasteiger partial charge in [-0.05, 0) is 44.0 Å². The molecular weight excluding hydrogens is 326 g/mol. The van der Waals surface area contributed by atoms with E-state index < -0.39 is 0 Å². The van der Waals surface area contributed by atoms with Gasteiger partial charge >= 0.3 is 5.97 Å². The maximum Gasteiger partial charge on any atom is 0.337 e. The summed E-state index contributed by atoms with van der Waals surface area (Å²) in [5.41, 5.74) is 6.61. The summed E-state index contributed by atoms with van der Waals surface area (Å²) >= 11 is 0. The molecule has 1 aliphatic heterocycles. The summed E-state index contributed by atoms with van der Waals surface area (Å²) in [4.78, 5) is 17.4. The normalized spacial score (nSPS) is 16.4. The minimum atomic E-state index is -0.329. The van der Waals surface area contributed by atoms with Gasteiger partial charge in [0.1, 0.15) is 0 Å². The van der Waals surface area contributed by atoms with E-state index in [9.17, 15) is 4.79 Å². The van der Waals surface area contributed by atoms with Crippen molar-refractivity contribution in [3.63, 3.8) is 0 Å². The Bertz CT molecular complexity index is 1060. The number of hydrogen-bond acceptors (Lipinski definition) is 4. The van der Waals surface area contributed by atoms with Crippen LogP contribution in [-0.2, 0) is 9.53 Å². The molecular formula is C21H21N3O2. The Kier molecular flexibility index (Phi) is 3.80. The summed E-state index contributed by atoms with van der Waals surface area (Å²) in [6.45, 7) is 6.03. The first-order valence-corrected chi connectivity index (χ1v) is 8.61. The molecule has 2 heterocycles. The lowest BCUT2D eigenvalue weighted by Crippen LogP contribution is -2.29. The van der Waals surface area contributed by atoms with Crippen LogP contribution in [0.5, 0.6) is 0 Å². The molecule has 0 aliphatic carbocycles. The lowest BCUT2D eigenvalue weighted by molar-refractivity contribution is -0.136. The molecule has 1 aromatic heterocycles. The predicted octanol–water partition coefficient (Wildman–Crippen LogP) is 4.12. The number of anilines is 1. The number of benzene rings is 2. The fourth-order valence-corrected chi connectivity index (χ4v) is 3.69. The van der Waals surface area contributed by atoms with Crippen molar-refractivity contribution in [2.45, 2.75) is 26.8 Å². The number of nitrogens with zero attached hydrogens (tertiary/aromatic N) is 2. The average Bonchev–Trinajstić information content (AvgIpc) is 3.00. The molecule has 3 aromatic rings. The van der Waals surface area contributed by atoms with Crippen LogP contribution in [0.1, 0.15) is 29.7 Å². The van der Waals surface area contributed by atoms with Gasteiger partial charge in [-0.15, -0.1) is 0 Å². The minimum absolute atomic E-state index is 0.286. The number of carbonyl (C=O) groups excluding carboxylic acids is 1. The Morgan fingerprint density at radius 2 is 1.92 bits per heavy atom. The molecule has 0 saturated carbocycles. The smallest absolute Gasteiger partial charge is 0.337 e. The molecule has 1 unspecified atom stereocenters. The first kappa shape index (κ1) is 16.4. The lowest BCUT2D eigenvalue weighted by Gasteiger charge is -2.31. The molecule has 4 rings (SSSR count). The molecule has 5 heteroatoms. The molecule has 0 fully saturated rings. The second kappa shape index (κ2) is 6.02. The lowest BCUT2D eigenvalue weighted by atomic mass is 9.91. The van der Waals surface area contributed by atoms with Gasteiger partial charge in [0.15, 0.2) is 0 Å². The zero-order valence-corrected chi connectivity index (χ0v) is 15.3. The highest BCUT2D eigenvalue weighted by Crippen LogP contribution is 2.40. The first-order valence-electron chi connectivity index (χ1n) is 8.61. The second-order valence-electron chi connectivity index (χ2n) is 6.71. The predicted molar refractivity (Wildman–Crippen MR) is 102 cm³/mol. The summed E-state index contributed by atoms with van der Waals surface area (Å²) in [6.07, 6.45) is 0. The Morgan fingerprint density at radius 3 is 2.69 bits per heavy atom. The maximum atomic E-state index is 12.7. The fourth-order valence-electron chi connectivity index (χ4n) is 3.69.